The Kier molecular flexibility index (Phi) is 3.55. The van der Waals surface area contributed by atoms with Gasteiger partial charge in [0.2, 0.25) is 10.0 Å². The van der Waals surface area contributed by atoms with Crippen LogP contribution in [0.3, 0.4) is 0 Å². The molecule has 84 valence electrons. The average molecular weight is 221 g/mol. The van der Waals surface area contributed by atoms with Crippen molar-refractivity contribution in [2.45, 2.75) is 38.6 Å². The standard InChI is InChI=1S/C9H19NO3S/c1-9(2)5-3-6-10(9)14(12,13)8-4-7-11/h11H,3-8H2,1-2H3. The summed E-state index contributed by atoms with van der Waals surface area (Å²) < 4.78 is 25.2. The van der Waals surface area contributed by atoms with Gasteiger partial charge in [-0.1, -0.05) is 0 Å². The average Bonchev–Trinajstić information content (AvgIpc) is 2.42. The van der Waals surface area contributed by atoms with Gasteiger partial charge >= 0.3 is 0 Å². The van der Waals surface area contributed by atoms with Crippen LogP contribution in [-0.2, 0) is 10.0 Å². The van der Waals surface area contributed by atoms with Gasteiger partial charge in [-0.05, 0) is 33.1 Å². The highest BCUT2D eigenvalue weighted by molar-refractivity contribution is 7.89. The van der Waals surface area contributed by atoms with Crippen molar-refractivity contribution in [3.63, 3.8) is 0 Å². The third-order valence-electron chi connectivity index (χ3n) is 2.72. The van der Waals surface area contributed by atoms with Crippen molar-refractivity contribution in [3.8, 4) is 0 Å². The summed E-state index contributed by atoms with van der Waals surface area (Å²) in [6.45, 7) is 4.47. The number of hydrogen-bond acceptors (Lipinski definition) is 3. The Labute approximate surface area is 86.0 Å². The lowest BCUT2D eigenvalue weighted by atomic mass is 10.0. The minimum Gasteiger partial charge on any atom is -0.396 e. The molecule has 0 aromatic rings. The van der Waals surface area contributed by atoms with E-state index < -0.39 is 10.0 Å². The maximum Gasteiger partial charge on any atom is 0.214 e. The van der Waals surface area contributed by atoms with E-state index in [0.29, 0.717) is 13.0 Å². The van der Waals surface area contributed by atoms with E-state index in [2.05, 4.69) is 0 Å². The summed E-state index contributed by atoms with van der Waals surface area (Å²) in [5.41, 5.74) is -0.242. The van der Waals surface area contributed by atoms with Crippen LogP contribution in [0.25, 0.3) is 0 Å². The van der Waals surface area contributed by atoms with Crippen LogP contribution < -0.4 is 0 Å². The summed E-state index contributed by atoms with van der Waals surface area (Å²) in [5, 5.41) is 8.62. The molecule has 1 aliphatic rings. The van der Waals surface area contributed by atoms with Crippen LogP contribution in [-0.4, -0.2) is 42.3 Å². The zero-order chi connectivity index (χ0) is 10.8. The normalized spacial score (nSPS) is 22.8. The van der Waals surface area contributed by atoms with Crippen molar-refractivity contribution < 1.29 is 13.5 Å². The molecule has 0 amide bonds. The number of hydrogen-bond donors (Lipinski definition) is 1. The van der Waals surface area contributed by atoms with E-state index in [-0.39, 0.29) is 17.9 Å². The van der Waals surface area contributed by atoms with Gasteiger partial charge in [0, 0.05) is 18.7 Å². The van der Waals surface area contributed by atoms with Gasteiger partial charge in [-0.2, -0.15) is 4.31 Å². The molecule has 1 N–H and O–H groups in total. The Morgan fingerprint density at radius 2 is 2.07 bits per heavy atom. The summed E-state index contributed by atoms with van der Waals surface area (Å²) in [4.78, 5) is 0. The molecule has 0 aromatic carbocycles. The molecule has 0 aliphatic carbocycles. The molecule has 0 atom stereocenters. The molecule has 14 heavy (non-hydrogen) atoms. The summed E-state index contributed by atoms with van der Waals surface area (Å²) in [6.07, 6.45) is 2.19. The van der Waals surface area contributed by atoms with E-state index in [1.807, 2.05) is 13.8 Å². The molecule has 0 bridgehead atoms. The molecule has 1 saturated heterocycles. The van der Waals surface area contributed by atoms with E-state index in [1.165, 1.54) is 0 Å². The lowest BCUT2D eigenvalue weighted by molar-refractivity contribution is 0.280. The molecule has 0 spiro atoms. The minimum atomic E-state index is -3.16. The topological polar surface area (TPSA) is 57.6 Å². The predicted molar refractivity (Wildman–Crippen MR) is 55.5 cm³/mol. The quantitative estimate of drug-likeness (QED) is 0.755. The Bertz CT molecular complexity index is 284. The van der Waals surface area contributed by atoms with Crippen LogP contribution in [0.1, 0.15) is 33.1 Å². The maximum atomic E-state index is 11.8. The highest BCUT2D eigenvalue weighted by atomic mass is 32.2. The Morgan fingerprint density at radius 3 is 2.50 bits per heavy atom. The second-order valence-corrected chi connectivity index (χ2v) is 6.39. The van der Waals surface area contributed by atoms with Gasteiger partial charge in [-0.15, -0.1) is 0 Å². The molecule has 1 rings (SSSR count). The molecular formula is C9H19NO3S. The lowest BCUT2D eigenvalue weighted by Gasteiger charge is -2.30. The van der Waals surface area contributed by atoms with Gasteiger partial charge in [0.05, 0.1) is 5.75 Å². The Balaban J connectivity index is 2.72. The molecule has 0 radical (unpaired) electrons. The molecule has 1 aliphatic heterocycles. The fourth-order valence-electron chi connectivity index (χ4n) is 1.96. The first-order valence-corrected chi connectivity index (χ1v) is 6.62. The zero-order valence-electron chi connectivity index (χ0n) is 8.86. The third kappa shape index (κ3) is 2.46. The first-order valence-electron chi connectivity index (χ1n) is 5.01. The van der Waals surface area contributed by atoms with Gasteiger partial charge in [0.25, 0.3) is 0 Å². The minimum absolute atomic E-state index is 0.0620. The van der Waals surface area contributed by atoms with Crippen LogP contribution in [0, 0.1) is 0 Å². The van der Waals surface area contributed by atoms with Crippen molar-refractivity contribution in [1.29, 1.82) is 0 Å². The molecule has 0 unspecified atom stereocenters. The van der Waals surface area contributed by atoms with Crippen molar-refractivity contribution in [2.24, 2.45) is 0 Å². The zero-order valence-corrected chi connectivity index (χ0v) is 9.68. The molecule has 1 heterocycles. The maximum absolute atomic E-state index is 11.8. The van der Waals surface area contributed by atoms with E-state index in [0.717, 1.165) is 12.8 Å². The molecule has 4 nitrogen and oxygen atoms in total. The predicted octanol–water partition coefficient (Wildman–Crippen LogP) is 0.573. The van der Waals surface area contributed by atoms with E-state index in [4.69, 9.17) is 5.11 Å². The van der Waals surface area contributed by atoms with Gasteiger partial charge in [0.15, 0.2) is 0 Å². The molecular weight excluding hydrogens is 202 g/mol. The van der Waals surface area contributed by atoms with Crippen LogP contribution in [0.15, 0.2) is 0 Å². The SMILES string of the molecule is CC1(C)CCCN1S(=O)(=O)CCCO. The van der Waals surface area contributed by atoms with Crippen LogP contribution in [0.4, 0.5) is 0 Å². The first-order chi connectivity index (χ1) is 6.40. The first kappa shape index (κ1) is 11.9. The van der Waals surface area contributed by atoms with Gasteiger partial charge < -0.3 is 5.11 Å². The highest BCUT2D eigenvalue weighted by Gasteiger charge is 2.39. The molecule has 5 heteroatoms. The second-order valence-electron chi connectivity index (χ2n) is 4.38. The molecule has 0 saturated carbocycles. The van der Waals surface area contributed by atoms with Crippen molar-refractivity contribution >= 4 is 10.0 Å². The summed E-state index contributed by atoms with van der Waals surface area (Å²) in [7, 11) is -3.16. The second kappa shape index (κ2) is 4.16. The smallest absolute Gasteiger partial charge is 0.214 e. The highest BCUT2D eigenvalue weighted by Crippen LogP contribution is 2.31. The van der Waals surface area contributed by atoms with Gasteiger partial charge in [0.1, 0.15) is 0 Å². The number of nitrogens with zero attached hydrogens (tertiary/aromatic N) is 1. The monoisotopic (exact) mass is 221 g/mol. The van der Waals surface area contributed by atoms with Crippen molar-refractivity contribution in [2.75, 3.05) is 18.9 Å². The van der Waals surface area contributed by atoms with Crippen molar-refractivity contribution in [1.82, 2.24) is 4.31 Å². The van der Waals surface area contributed by atoms with Crippen LogP contribution in [0.5, 0.6) is 0 Å². The van der Waals surface area contributed by atoms with Crippen molar-refractivity contribution in [3.05, 3.63) is 0 Å². The Hall–Kier alpha value is -0.130. The summed E-state index contributed by atoms with van der Waals surface area (Å²) in [5.74, 6) is 0.0624. The number of aliphatic hydroxyl groups excluding tert-OH is 1. The fourth-order valence-corrected chi connectivity index (χ4v) is 3.92. The van der Waals surface area contributed by atoms with Crippen LogP contribution in [0.2, 0.25) is 0 Å². The third-order valence-corrected chi connectivity index (χ3v) is 4.87. The molecule has 1 fully saturated rings. The lowest BCUT2D eigenvalue weighted by Crippen LogP contribution is -2.43. The summed E-state index contributed by atoms with van der Waals surface area (Å²) >= 11 is 0. The Morgan fingerprint density at radius 1 is 1.43 bits per heavy atom. The van der Waals surface area contributed by atoms with Gasteiger partial charge in [-0.25, -0.2) is 8.42 Å². The van der Waals surface area contributed by atoms with Crippen LogP contribution >= 0.6 is 0 Å². The molecule has 0 aromatic heterocycles. The largest absolute Gasteiger partial charge is 0.396 e. The van der Waals surface area contributed by atoms with E-state index in [1.54, 1.807) is 4.31 Å². The van der Waals surface area contributed by atoms with Gasteiger partial charge in [-0.3, -0.25) is 0 Å². The summed E-state index contributed by atoms with van der Waals surface area (Å²) in [6, 6.07) is 0. The fraction of sp³-hybridized carbons (Fsp3) is 1.00. The number of rotatable bonds is 4. The number of sulfonamides is 1. The van der Waals surface area contributed by atoms with E-state index in [9.17, 15) is 8.42 Å². The number of aliphatic hydroxyl groups is 1. The van der Waals surface area contributed by atoms with E-state index >= 15 is 0 Å².